The Morgan fingerprint density at radius 2 is 1.82 bits per heavy atom. The first-order valence-electron chi connectivity index (χ1n) is 3.47. The summed E-state index contributed by atoms with van der Waals surface area (Å²) in [4.78, 5) is -0.428. The Morgan fingerprint density at radius 3 is 2.27 bits per heavy atom. The van der Waals surface area contributed by atoms with E-state index in [1.807, 2.05) is 37.3 Å². The Hall–Kier alpha value is -0.200. The molecule has 0 aliphatic rings. The molecule has 1 rings (SSSR count). The van der Waals surface area contributed by atoms with Crippen LogP contribution in [0.15, 0.2) is 30.3 Å². The van der Waals surface area contributed by atoms with Crippen molar-refractivity contribution in [1.82, 2.24) is 0 Å². The van der Waals surface area contributed by atoms with Crippen molar-refractivity contribution >= 4 is 23.2 Å². The molecule has 0 spiro atoms. The van der Waals surface area contributed by atoms with E-state index in [9.17, 15) is 0 Å². The first kappa shape index (κ1) is 8.89. The SMILES string of the molecule is CC(Cl)(CCl)c1ccccc1. The van der Waals surface area contributed by atoms with Crippen LogP contribution in [0, 0.1) is 0 Å². The summed E-state index contributed by atoms with van der Waals surface area (Å²) in [5, 5.41) is 0. The van der Waals surface area contributed by atoms with Crippen molar-refractivity contribution in [3.8, 4) is 0 Å². The van der Waals surface area contributed by atoms with Crippen molar-refractivity contribution in [2.45, 2.75) is 11.8 Å². The van der Waals surface area contributed by atoms with Gasteiger partial charge in [-0.25, -0.2) is 0 Å². The van der Waals surface area contributed by atoms with Gasteiger partial charge < -0.3 is 0 Å². The summed E-state index contributed by atoms with van der Waals surface area (Å²) in [6.07, 6.45) is 0. The highest BCUT2D eigenvalue weighted by Crippen LogP contribution is 2.29. The van der Waals surface area contributed by atoms with Gasteiger partial charge in [0.1, 0.15) is 0 Å². The van der Waals surface area contributed by atoms with E-state index >= 15 is 0 Å². The zero-order valence-electron chi connectivity index (χ0n) is 6.35. The Bertz CT molecular complexity index is 216. The van der Waals surface area contributed by atoms with Crippen molar-refractivity contribution in [2.75, 3.05) is 5.88 Å². The first-order valence-corrected chi connectivity index (χ1v) is 4.38. The van der Waals surface area contributed by atoms with E-state index in [0.717, 1.165) is 5.56 Å². The second-order valence-corrected chi connectivity index (χ2v) is 3.80. The lowest BCUT2D eigenvalue weighted by Crippen LogP contribution is -2.14. The molecule has 0 aliphatic heterocycles. The maximum Gasteiger partial charge on any atom is 0.0801 e. The van der Waals surface area contributed by atoms with Gasteiger partial charge in [-0.3, -0.25) is 0 Å². The molecular formula is C9H10Cl2. The number of hydrogen-bond donors (Lipinski definition) is 0. The van der Waals surface area contributed by atoms with Crippen LogP contribution in [0.25, 0.3) is 0 Å². The Balaban J connectivity index is 2.93. The van der Waals surface area contributed by atoms with E-state index in [1.165, 1.54) is 0 Å². The predicted octanol–water partition coefficient (Wildman–Crippen LogP) is 3.38. The fourth-order valence-corrected chi connectivity index (χ4v) is 1.14. The quantitative estimate of drug-likeness (QED) is 0.625. The lowest BCUT2D eigenvalue weighted by atomic mass is 10.0. The van der Waals surface area contributed by atoms with E-state index in [-0.39, 0.29) is 0 Å². The minimum Gasteiger partial charge on any atom is -0.124 e. The molecule has 60 valence electrons. The molecule has 11 heavy (non-hydrogen) atoms. The summed E-state index contributed by atoms with van der Waals surface area (Å²) in [7, 11) is 0. The molecule has 0 radical (unpaired) electrons. The third-order valence-corrected chi connectivity index (χ3v) is 2.65. The molecule has 2 heteroatoms. The molecule has 1 aromatic carbocycles. The van der Waals surface area contributed by atoms with Crippen LogP contribution in [0.3, 0.4) is 0 Å². The van der Waals surface area contributed by atoms with E-state index in [1.54, 1.807) is 0 Å². The van der Waals surface area contributed by atoms with Gasteiger partial charge in [0.05, 0.1) is 4.87 Å². The normalized spacial score (nSPS) is 15.9. The maximum atomic E-state index is 6.11. The van der Waals surface area contributed by atoms with Crippen LogP contribution in [0.2, 0.25) is 0 Å². The highest BCUT2D eigenvalue weighted by molar-refractivity contribution is 6.30. The lowest BCUT2D eigenvalue weighted by molar-refractivity contribution is 0.775. The molecule has 0 bridgehead atoms. The molecule has 0 nitrogen and oxygen atoms in total. The third-order valence-electron chi connectivity index (χ3n) is 1.63. The smallest absolute Gasteiger partial charge is 0.0801 e. The zero-order valence-corrected chi connectivity index (χ0v) is 7.86. The number of rotatable bonds is 2. The Kier molecular flexibility index (Phi) is 2.80. The second-order valence-electron chi connectivity index (χ2n) is 2.70. The first-order chi connectivity index (χ1) is 5.17. The van der Waals surface area contributed by atoms with Crippen molar-refractivity contribution in [3.05, 3.63) is 35.9 Å². The maximum absolute atomic E-state index is 6.11. The molecule has 0 heterocycles. The van der Waals surface area contributed by atoms with E-state index in [0.29, 0.717) is 5.88 Å². The Morgan fingerprint density at radius 1 is 1.27 bits per heavy atom. The summed E-state index contributed by atoms with van der Waals surface area (Å²) in [6.45, 7) is 1.91. The highest BCUT2D eigenvalue weighted by atomic mass is 35.5. The van der Waals surface area contributed by atoms with Crippen molar-refractivity contribution < 1.29 is 0 Å². The number of halogens is 2. The zero-order chi connectivity index (χ0) is 8.32. The van der Waals surface area contributed by atoms with Crippen LogP contribution in [-0.4, -0.2) is 5.88 Å². The van der Waals surface area contributed by atoms with Gasteiger partial charge in [-0.1, -0.05) is 30.3 Å². The topological polar surface area (TPSA) is 0 Å². The summed E-state index contributed by atoms with van der Waals surface area (Å²) in [5.41, 5.74) is 1.07. The number of hydrogen-bond acceptors (Lipinski definition) is 0. The minimum atomic E-state index is -0.428. The predicted molar refractivity (Wildman–Crippen MR) is 50.4 cm³/mol. The molecule has 1 unspecified atom stereocenters. The van der Waals surface area contributed by atoms with E-state index < -0.39 is 4.87 Å². The molecule has 0 saturated heterocycles. The van der Waals surface area contributed by atoms with Gasteiger partial charge >= 0.3 is 0 Å². The van der Waals surface area contributed by atoms with Crippen LogP contribution in [0.1, 0.15) is 12.5 Å². The number of benzene rings is 1. The van der Waals surface area contributed by atoms with Crippen molar-refractivity contribution in [1.29, 1.82) is 0 Å². The minimum absolute atomic E-state index is 0.428. The number of alkyl halides is 2. The fraction of sp³-hybridized carbons (Fsp3) is 0.333. The summed E-state index contributed by atoms with van der Waals surface area (Å²) in [6, 6.07) is 9.85. The van der Waals surface area contributed by atoms with Crippen molar-refractivity contribution in [2.24, 2.45) is 0 Å². The molecule has 0 aliphatic carbocycles. The molecule has 0 fully saturated rings. The van der Waals surface area contributed by atoms with Gasteiger partial charge in [-0.05, 0) is 12.5 Å². The van der Waals surface area contributed by atoms with Gasteiger partial charge in [0.2, 0.25) is 0 Å². The average Bonchev–Trinajstić information content (AvgIpc) is 2.06. The van der Waals surface area contributed by atoms with Gasteiger partial charge in [0, 0.05) is 5.88 Å². The van der Waals surface area contributed by atoms with E-state index in [4.69, 9.17) is 23.2 Å². The van der Waals surface area contributed by atoms with Crippen molar-refractivity contribution in [3.63, 3.8) is 0 Å². The summed E-state index contributed by atoms with van der Waals surface area (Å²) < 4.78 is 0. The van der Waals surface area contributed by atoms with Crippen LogP contribution >= 0.6 is 23.2 Å². The van der Waals surface area contributed by atoms with Crippen LogP contribution in [-0.2, 0) is 4.87 Å². The van der Waals surface area contributed by atoms with Gasteiger partial charge in [-0.15, -0.1) is 23.2 Å². The molecule has 0 amide bonds. The fourth-order valence-electron chi connectivity index (χ4n) is 0.863. The lowest BCUT2D eigenvalue weighted by Gasteiger charge is -2.18. The summed E-state index contributed by atoms with van der Waals surface area (Å²) in [5.74, 6) is 0.429. The second kappa shape index (κ2) is 3.46. The van der Waals surface area contributed by atoms with Crippen LogP contribution in [0.5, 0.6) is 0 Å². The Labute approximate surface area is 77.1 Å². The summed E-state index contributed by atoms with van der Waals surface area (Å²) >= 11 is 11.8. The van der Waals surface area contributed by atoms with Gasteiger partial charge in [0.15, 0.2) is 0 Å². The van der Waals surface area contributed by atoms with Gasteiger partial charge in [-0.2, -0.15) is 0 Å². The third kappa shape index (κ3) is 2.11. The molecule has 1 atom stereocenters. The van der Waals surface area contributed by atoms with Crippen LogP contribution < -0.4 is 0 Å². The van der Waals surface area contributed by atoms with E-state index in [2.05, 4.69) is 0 Å². The van der Waals surface area contributed by atoms with Crippen LogP contribution in [0.4, 0.5) is 0 Å². The molecule has 1 aromatic rings. The molecule has 0 aromatic heterocycles. The molecule has 0 N–H and O–H groups in total. The molecule has 0 saturated carbocycles. The standard InChI is InChI=1S/C9H10Cl2/c1-9(11,7-10)8-5-3-2-4-6-8/h2-6H,7H2,1H3. The van der Waals surface area contributed by atoms with Gasteiger partial charge in [0.25, 0.3) is 0 Å². The average molecular weight is 189 g/mol. The largest absolute Gasteiger partial charge is 0.124 e. The highest BCUT2D eigenvalue weighted by Gasteiger charge is 2.21. The molecular weight excluding hydrogens is 179 g/mol. The monoisotopic (exact) mass is 188 g/mol.